The Morgan fingerprint density at radius 3 is 2.18 bits per heavy atom. The molecule has 0 saturated carbocycles. The fourth-order valence-corrected chi connectivity index (χ4v) is 3.15. The first-order valence-corrected chi connectivity index (χ1v) is 10.1. The molecule has 1 heterocycles. The molecule has 0 radical (unpaired) electrons. The number of carbonyl (C=O) groups excluding carboxylic acids is 2. The molecule has 0 saturated heterocycles. The largest absolute Gasteiger partial charge is 0.489 e. The van der Waals surface area contributed by atoms with Crippen molar-refractivity contribution in [3.8, 4) is 17.2 Å². The third-order valence-electron chi connectivity index (χ3n) is 4.90. The summed E-state index contributed by atoms with van der Waals surface area (Å²) in [6.45, 7) is 0.374. The molecule has 166 valence electrons. The van der Waals surface area contributed by atoms with Crippen molar-refractivity contribution in [2.45, 2.75) is 6.61 Å². The minimum Gasteiger partial charge on any atom is -0.489 e. The number of para-hydroxylation sites is 2. The van der Waals surface area contributed by atoms with Gasteiger partial charge in [0.25, 0.3) is 0 Å². The standard InChI is InChI=1S/C26H21NO6/c1-30-25(28)21(26(29)31-2)15-17-9-13-20(14-10-17)32-16-18-7-11-19(12-8-18)24-27-22-5-3-4-6-23(22)33-24/h3-15H,16H2,1-2H3. The van der Waals surface area contributed by atoms with Gasteiger partial charge in [0.2, 0.25) is 5.89 Å². The van der Waals surface area contributed by atoms with Crippen molar-refractivity contribution in [2.24, 2.45) is 0 Å². The Labute approximate surface area is 190 Å². The molecule has 0 N–H and O–H groups in total. The van der Waals surface area contributed by atoms with Crippen molar-refractivity contribution in [1.82, 2.24) is 4.98 Å². The van der Waals surface area contributed by atoms with E-state index >= 15 is 0 Å². The Morgan fingerprint density at radius 1 is 0.879 bits per heavy atom. The Morgan fingerprint density at radius 2 is 1.55 bits per heavy atom. The highest BCUT2D eigenvalue weighted by molar-refractivity contribution is 6.17. The van der Waals surface area contributed by atoms with Gasteiger partial charge in [0.05, 0.1) is 14.2 Å². The molecule has 0 atom stereocenters. The molecule has 7 heteroatoms. The maximum atomic E-state index is 11.8. The quantitative estimate of drug-likeness (QED) is 0.175. The maximum absolute atomic E-state index is 11.8. The first kappa shape index (κ1) is 21.8. The molecule has 4 aromatic rings. The number of rotatable bonds is 7. The summed E-state index contributed by atoms with van der Waals surface area (Å²) in [5, 5.41) is 0. The van der Waals surface area contributed by atoms with Gasteiger partial charge in [0.1, 0.15) is 23.4 Å². The highest BCUT2D eigenvalue weighted by Gasteiger charge is 2.19. The van der Waals surface area contributed by atoms with Crippen molar-refractivity contribution >= 4 is 29.1 Å². The zero-order valence-corrected chi connectivity index (χ0v) is 18.1. The summed E-state index contributed by atoms with van der Waals surface area (Å²) in [4.78, 5) is 28.1. The van der Waals surface area contributed by atoms with Crippen LogP contribution in [0.5, 0.6) is 5.75 Å². The smallest absolute Gasteiger partial charge is 0.345 e. The van der Waals surface area contributed by atoms with Gasteiger partial charge in [-0.25, -0.2) is 14.6 Å². The van der Waals surface area contributed by atoms with Gasteiger partial charge in [0, 0.05) is 5.56 Å². The summed E-state index contributed by atoms with van der Waals surface area (Å²) >= 11 is 0. The van der Waals surface area contributed by atoms with E-state index in [1.54, 1.807) is 24.3 Å². The molecule has 0 spiro atoms. The van der Waals surface area contributed by atoms with Gasteiger partial charge in [-0.2, -0.15) is 0 Å². The zero-order valence-electron chi connectivity index (χ0n) is 18.1. The van der Waals surface area contributed by atoms with E-state index in [0.717, 1.165) is 22.2 Å². The van der Waals surface area contributed by atoms with Crippen LogP contribution in [0.4, 0.5) is 0 Å². The number of methoxy groups -OCH3 is 2. The number of fused-ring (bicyclic) bond motifs is 1. The lowest BCUT2D eigenvalue weighted by molar-refractivity contribution is -0.143. The average Bonchev–Trinajstić information content (AvgIpc) is 3.30. The normalized spacial score (nSPS) is 10.5. The highest BCUT2D eigenvalue weighted by atomic mass is 16.5. The van der Waals surface area contributed by atoms with Gasteiger partial charge < -0.3 is 18.6 Å². The number of hydrogen-bond donors (Lipinski definition) is 0. The Kier molecular flexibility index (Phi) is 6.50. The van der Waals surface area contributed by atoms with Gasteiger partial charge in [-0.1, -0.05) is 36.4 Å². The second-order valence-electron chi connectivity index (χ2n) is 7.08. The summed E-state index contributed by atoms with van der Waals surface area (Å²) in [7, 11) is 2.41. The number of benzene rings is 3. The van der Waals surface area contributed by atoms with E-state index in [0.29, 0.717) is 23.8 Å². The Hall–Kier alpha value is -4.39. The summed E-state index contributed by atoms with van der Waals surface area (Å²) in [6.07, 6.45) is 1.41. The molecule has 0 aliphatic carbocycles. The van der Waals surface area contributed by atoms with E-state index in [1.165, 1.54) is 20.3 Å². The third kappa shape index (κ3) is 5.10. The molecule has 0 aliphatic rings. The van der Waals surface area contributed by atoms with Crippen LogP contribution in [0, 0.1) is 0 Å². The SMILES string of the molecule is COC(=O)C(=Cc1ccc(OCc2ccc(-c3nc4ccccc4o3)cc2)cc1)C(=O)OC. The number of nitrogens with zero attached hydrogens (tertiary/aromatic N) is 1. The lowest BCUT2D eigenvalue weighted by Gasteiger charge is -2.08. The average molecular weight is 443 g/mol. The van der Waals surface area contributed by atoms with Gasteiger partial charge in [-0.3, -0.25) is 0 Å². The number of hydrogen-bond acceptors (Lipinski definition) is 7. The minimum atomic E-state index is -0.761. The predicted molar refractivity (Wildman–Crippen MR) is 122 cm³/mol. The van der Waals surface area contributed by atoms with Crippen LogP contribution in [0.3, 0.4) is 0 Å². The van der Waals surface area contributed by atoms with Crippen LogP contribution in [0.1, 0.15) is 11.1 Å². The lowest BCUT2D eigenvalue weighted by atomic mass is 10.1. The zero-order chi connectivity index (χ0) is 23.2. The Bertz CT molecular complexity index is 1250. The molecular formula is C26H21NO6. The summed E-state index contributed by atoms with van der Waals surface area (Å²) < 4.78 is 20.9. The predicted octanol–water partition coefficient (Wildman–Crippen LogP) is 4.80. The van der Waals surface area contributed by atoms with E-state index < -0.39 is 11.9 Å². The topological polar surface area (TPSA) is 87.9 Å². The molecule has 0 aliphatic heterocycles. The van der Waals surface area contributed by atoms with E-state index in [2.05, 4.69) is 14.5 Å². The fraction of sp³-hybridized carbons (Fsp3) is 0.115. The van der Waals surface area contributed by atoms with E-state index in [1.807, 2.05) is 48.5 Å². The molecule has 7 nitrogen and oxygen atoms in total. The summed E-state index contributed by atoms with van der Waals surface area (Å²) in [5.41, 5.74) is 3.89. The van der Waals surface area contributed by atoms with Crippen LogP contribution in [-0.4, -0.2) is 31.1 Å². The fourth-order valence-electron chi connectivity index (χ4n) is 3.15. The van der Waals surface area contributed by atoms with Crippen LogP contribution < -0.4 is 4.74 Å². The third-order valence-corrected chi connectivity index (χ3v) is 4.90. The van der Waals surface area contributed by atoms with Crippen LogP contribution in [0.2, 0.25) is 0 Å². The van der Waals surface area contributed by atoms with E-state index in [4.69, 9.17) is 9.15 Å². The van der Waals surface area contributed by atoms with Crippen molar-refractivity contribution in [3.63, 3.8) is 0 Å². The maximum Gasteiger partial charge on any atom is 0.345 e. The molecule has 0 amide bonds. The monoisotopic (exact) mass is 443 g/mol. The van der Waals surface area contributed by atoms with Gasteiger partial charge in [-0.05, 0) is 53.6 Å². The van der Waals surface area contributed by atoms with E-state index in [-0.39, 0.29) is 5.57 Å². The molecule has 4 rings (SSSR count). The van der Waals surface area contributed by atoms with E-state index in [9.17, 15) is 9.59 Å². The number of carbonyl (C=O) groups is 2. The van der Waals surface area contributed by atoms with Gasteiger partial charge in [-0.15, -0.1) is 0 Å². The molecule has 1 aromatic heterocycles. The van der Waals surface area contributed by atoms with Gasteiger partial charge >= 0.3 is 11.9 Å². The molecular weight excluding hydrogens is 422 g/mol. The van der Waals surface area contributed by atoms with Crippen molar-refractivity contribution in [3.05, 3.63) is 89.5 Å². The molecule has 0 unspecified atom stereocenters. The number of oxazole rings is 1. The van der Waals surface area contributed by atoms with Crippen LogP contribution >= 0.6 is 0 Å². The van der Waals surface area contributed by atoms with Crippen LogP contribution in [-0.2, 0) is 25.7 Å². The summed E-state index contributed by atoms with van der Waals surface area (Å²) in [6, 6.07) is 22.4. The first-order chi connectivity index (χ1) is 16.1. The van der Waals surface area contributed by atoms with Crippen molar-refractivity contribution < 1.29 is 28.2 Å². The Balaban J connectivity index is 1.40. The molecule has 33 heavy (non-hydrogen) atoms. The van der Waals surface area contributed by atoms with Gasteiger partial charge in [0.15, 0.2) is 5.58 Å². The molecule has 0 fully saturated rings. The molecule has 3 aromatic carbocycles. The summed E-state index contributed by atoms with van der Waals surface area (Å²) in [5.74, 6) is -0.301. The van der Waals surface area contributed by atoms with Crippen molar-refractivity contribution in [2.75, 3.05) is 14.2 Å². The highest BCUT2D eigenvalue weighted by Crippen LogP contribution is 2.24. The number of ether oxygens (including phenoxy) is 3. The second-order valence-corrected chi connectivity index (χ2v) is 7.08. The lowest BCUT2D eigenvalue weighted by Crippen LogP contribution is -2.15. The first-order valence-electron chi connectivity index (χ1n) is 10.1. The second kappa shape index (κ2) is 9.82. The van der Waals surface area contributed by atoms with Crippen molar-refractivity contribution in [1.29, 1.82) is 0 Å². The van der Waals surface area contributed by atoms with Crippen LogP contribution in [0.15, 0.2) is 82.8 Å². The minimum absolute atomic E-state index is 0.187. The molecule has 0 bridgehead atoms. The number of esters is 2. The number of aromatic nitrogens is 1. The van der Waals surface area contributed by atoms with Crippen LogP contribution in [0.25, 0.3) is 28.6 Å².